The van der Waals surface area contributed by atoms with E-state index in [1.165, 1.54) is 12.1 Å². The Morgan fingerprint density at radius 2 is 1.58 bits per heavy atom. The SMILES string of the molecule is CCCNC(=O)CN(CCC)CC(=O)Nc1c(Cl)cc(Cl)cc1Cl. The lowest BCUT2D eigenvalue weighted by Crippen LogP contribution is -2.41. The third-order valence-corrected chi connectivity index (χ3v) is 3.93. The van der Waals surface area contributed by atoms with Crippen LogP contribution in [0.1, 0.15) is 26.7 Å². The first-order valence-corrected chi connectivity index (χ1v) is 8.94. The van der Waals surface area contributed by atoms with Crippen molar-refractivity contribution in [3.8, 4) is 0 Å². The van der Waals surface area contributed by atoms with E-state index in [0.29, 0.717) is 23.8 Å². The highest BCUT2D eigenvalue weighted by Gasteiger charge is 2.16. The summed E-state index contributed by atoms with van der Waals surface area (Å²) < 4.78 is 0. The summed E-state index contributed by atoms with van der Waals surface area (Å²) >= 11 is 18.0. The number of anilines is 1. The van der Waals surface area contributed by atoms with Gasteiger partial charge in [-0.15, -0.1) is 0 Å². The van der Waals surface area contributed by atoms with Gasteiger partial charge in [-0.05, 0) is 31.5 Å². The van der Waals surface area contributed by atoms with Gasteiger partial charge in [0.25, 0.3) is 0 Å². The Morgan fingerprint density at radius 1 is 1.00 bits per heavy atom. The fraction of sp³-hybridized carbons (Fsp3) is 0.500. The van der Waals surface area contributed by atoms with Crippen molar-refractivity contribution < 1.29 is 9.59 Å². The summed E-state index contributed by atoms with van der Waals surface area (Å²) in [5.74, 6) is -0.390. The third kappa shape index (κ3) is 7.26. The molecule has 24 heavy (non-hydrogen) atoms. The number of carbonyl (C=O) groups is 2. The quantitative estimate of drug-likeness (QED) is 0.669. The normalized spacial score (nSPS) is 10.8. The van der Waals surface area contributed by atoms with Gasteiger partial charge >= 0.3 is 0 Å². The van der Waals surface area contributed by atoms with Crippen LogP contribution in [-0.2, 0) is 9.59 Å². The molecule has 1 rings (SSSR count). The fourth-order valence-electron chi connectivity index (χ4n) is 2.10. The molecule has 134 valence electrons. The number of benzene rings is 1. The van der Waals surface area contributed by atoms with Crippen LogP contribution < -0.4 is 10.6 Å². The minimum Gasteiger partial charge on any atom is -0.355 e. The Kier molecular flexibility index (Phi) is 9.44. The number of nitrogens with one attached hydrogen (secondary N) is 2. The lowest BCUT2D eigenvalue weighted by molar-refractivity contribution is -0.123. The first-order chi connectivity index (χ1) is 11.4. The molecule has 8 heteroatoms. The van der Waals surface area contributed by atoms with Gasteiger partial charge in [0.15, 0.2) is 0 Å². The van der Waals surface area contributed by atoms with E-state index in [2.05, 4.69) is 10.6 Å². The molecule has 0 spiro atoms. The number of nitrogens with zero attached hydrogens (tertiary/aromatic N) is 1. The zero-order chi connectivity index (χ0) is 18.1. The molecule has 0 aliphatic carbocycles. The van der Waals surface area contributed by atoms with Gasteiger partial charge in [-0.25, -0.2) is 0 Å². The molecule has 0 saturated heterocycles. The van der Waals surface area contributed by atoms with Gasteiger partial charge in [-0.2, -0.15) is 0 Å². The van der Waals surface area contributed by atoms with Gasteiger partial charge in [-0.1, -0.05) is 48.7 Å². The maximum Gasteiger partial charge on any atom is 0.238 e. The lowest BCUT2D eigenvalue weighted by Gasteiger charge is -2.21. The van der Waals surface area contributed by atoms with Gasteiger partial charge in [0.05, 0.1) is 28.8 Å². The van der Waals surface area contributed by atoms with E-state index >= 15 is 0 Å². The molecule has 0 aliphatic rings. The van der Waals surface area contributed by atoms with Crippen molar-refractivity contribution in [2.75, 3.05) is 31.5 Å². The molecule has 0 radical (unpaired) electrons. The Balaban J connectivity index is 2.67. The highest BCUT2D eigenvalue weighted by atomic mass is 35.5. The Morgan fingerprint density at radius 3 is 2.12 bits per heavy atom. The number of halogens is 3. The average Bonchev–Trinajstić information content (AvgIpc) is 2.49. The largest absolute Gasteiger partial charge is 0.355 e. The first-order valence-electron chi connectivity index (χ1n) is 7.80. The summed E-state index contributed by atoms with van der Waals surface area (Å²) in [4.78, 5) is 25.9. The van der Waals surface area contributed by atoms with E-state index in [-0.39, 0.29) is 34.9 Å². The second-order valence-corrected chi connectivity index (χ2v) is 6.60. The number of hydrogen-bond donors (Lipinski definition) is 2. The summed E-state index contributed by atoms with van der Waals surface area (Å²) in [5, 5.41) is 6.40. The minimum atomic E-state index is -0.294. The number of amides is 2. The van der Waals surface area contributed by atoms with Gasteiger partial charge in [0.2, 0.25) is 11.8 Å². The summed E-state index contributed by atoms with van der Waals surface area (Å²) in [6.45, 7) is 5.47. The lowest BCUT2D eigenvalue weighted by atomic mass is 10.3. The first kappa shape index (κ1) is 21.0. The van der Waals surface area contributed by atoms with Gasteiger partial charge < -0.3 is 10.6 Å². The smallest absolute Gasteiger partial charge is 0.238 e. The average molecular weight is 395 g/mol. The van der Waals surface area contributed by atoms with Crippen LogP contribution in [0.5, 0.6) is 0 Å². The zero-order valence-corrected chi connectivity index (χ0v) is 16.1. The molecule has 0 heterocycles. The molecule has 0 aliphatic heterocycles. The molecule has 0 atom stereocenters. The van der Waals surface area contributed by atoms with Crippen molar-refractivity contribution in [1.82, 2.24) is 10.2 Å². The van der Waals surface area contributed by atoms with Crippen LogP contribution in [0.3, 0.4) is 0 Å². The van der Waals surface area contributed by atoms with Gasteiger partial charge in [0.1, 0.15) is 0 Å². The van der Waals surface area contributed by atoms with E-state index in [4.69, 9.17) is 34.8 Å². The second-order valence-electron chi connectivity index (χ2n) is 5.35. The van der Waals surface area contributed by atoms with Crippen molar-refractivity contribution >= 4 is 52.3 Å². The fourth-order valence-corrected chi connectivity index (χ4v) is 3.01. The predicted molar refractivity (Wildman–Crippen MR) is 100 cm³/mol. The molecule has 5 nitrogen and oxygen atoms in total. The molecule has 0 unspecified atom stereocenters. The number of carbonyl (C=O) groups excluding carboxylic acids is 2. The van der Waals surface area contributed by atoms with E-state index < -0.39 is 0 Å². The van der Waals surface area contributed by atoms with Crippen LogP contribution >= 0.6 is 34.8 Å². The molecule has 1 aromatic rings. The molecule has 0 fully saturated rings. The molecule has 0 saturated carbocycles. The summed E-state index contributed by atoms with van der Waals surface area (Å²) in [6.07, 6.45) is 1.70. The summed E-state index contributed by atoms with van der Waals surface area (Å²) in [7, 11) is 0. The van der Waals surface area contributed by atoms with Crippen molar-refractivity contribution in [2.24, 2.45) is 0 Å². The van der Waals surface area contributed by atoms with Crippen molar-refractivity contribution in [1.29, 1.82) is 0 Å². The Bertz CT molecular complexity index is 559. The van der Waals surface area contributed by atoms with Crippen LogP contribution in [0.4, 0.5) is 5.69 Å². The maximum atomic E-state index is 12.2. The van der Waals surface area contributed by atoms with E-state index in [1.54, 1.807) is 4.90 Å². The number of hydrogen-bond acceptors (Lipinski definition) is 3. The highest BCUT2D eigenvalue weighted by molar-refractivity contribution is 6.42. The molecule has 0 bridgehead atoms. The Labute approximate surface area is 157 Å². The van der Waals surface area contributed by atoms with Crippen molar-refractivity contribution in [3.63, 3.8) is 0 Å². The third-order valence-electron chi connectivity index (χ3n) is 3.12. The molecule has 1 aromatic carbocycles. The second kappa shape index (κ2) is 10.8. The van der Waals surface area contributed by atoms with Crippen LogP contribution in [0.25, 0.3) is 0 Å². The molecule has 2 N–H and O–H groups in total. The standard InChI is InChI=1S/C16H22Cl3N3O2/c1-3-5-20-14(23)9-22(6-4-2)10-15(24)21-16-12(18)7-11(17)8-13(16)19/h7-8H,3-6,9-10H2,1-2H3,(H,20,23)(H,21,24). The molecule has 2 amide bonds. The van der Waals surface area contributed by atoms with Crippen molar-refractivity contribution in [3.05, 3.63) is 27.2 Å². The van der Waals surface area contributed by atoms with E-state index in [9.17, 15) is 9.59 Å². The van der Waals surface area contributed by atoms with Crippen LogP contribution in [0.15, 0.2) is 12.1 Å². The van der Waals surface area contributed by atoms with E-state index in [1.807, 2.05) is 13.8 Å². The minimum absolute atomic E-state index is 0.0721. The summed E-state index contributed by atoms with van der Waals surface area (Å²) in [6, 6.07) is 3.01. The summed E-state index contributed by atoms with van der Waals surface area (Å²) in [5.41, 5.74) is 0.319. The predicted octanol–water partition coefficient (Wildman–Crippen LogP) is 3.82. The van der Waals surface area contributed by atoms with Crippen LogP contribution in [0.2, 0.25) is 15.1 Å². The maximum absolute atomic E-state index is 12.2. The number of rotatable bonds is 9. The topological polar surface area (TPSA) is 61.4 Å². The monoisotopic (exact) mass is 393 g/mol. The molecular weight excluding hydrogens is 373 g/mol. The Hall–Kier alpha value is -1.01. The van der Waals surface area contributed by atoms with Crippen LogP contribution in [-0.4, -0.2) is 42.9 Å². The van der Waals surface area contributed by atoms with Crippen molar-refractivity contribution in [2.45, 2.75) is 26.7 Å². The molecule has 0 aromatic heterocycles. The molecular formula is C16H22Cl3N3O2. The van der Waals surface area contributed by atoms with Crippen LogP contribution in [0, 0.1) is 0 Å². The highest BCUT2D eigenvalue weighted by Crippen LogP contribution is 2.33. The van der Waals surface area contributed by atoms with Gasteiger partial charge in [-0.3, -0.25) is 14.5 Å². The zero-order valence-electron chi connectivity index (χ0n) is 13.8. The van der Waals surface area contributed by atoms with E-state index in [0.717, 1.165) is 12.8 Å². The van der Waals surface area contributed by atoms with Gasteiger partial charge in [0, 0.05) is 11.6 Å².